The average molecular weight is 291 g/mol. The first-order chi connectivity index (χ1) is 9.92. The zero-order valence-electron chi connectivity index (χ0n) is 13.1. The highest BCUT2D eigenvalue weighted by atomic mass is 16.6. The summed E-state index contributed by atoms with van der Waals surface area (Å²) in [5.74, 6) is 0. The second kappa shape index (κ2) is 6.89. The van der Waals surface area contributed by atoms with E-state index in [1.165, 1.54) is 5.56 Å². The summed E-state index contributed by atoms with van der Waals surface area (Å²) in [4.78, 5) is 15.7. The summed E-state index contributed by atoms with van der Waals surface area (Å²) in [6, 6.07) is 4.76. The Morgan fingerprint density at radius 3 is 2.76 bits per heavy atom. The van der Waals surface area contributed by atoms with E-state index in [4.69, 9.17) is 4.74 Å². The Morgan fingerprint density at radius 1 is 1.38 bits per heavy atom. The molecule has 1 aliphatic rings. The highest BCUT2D eigenvalue weighted by Crippen LogP contribution is 2.20. The number of nitrogens with zero attached hydrogens (tertiary/aromatic N) is 1. The van der Waals surface area contributed by atoms with Gasteiger partial charge in [0.1, 0.15) is 5.60 Å². The molecular formula is C16H25N3O2. The van der Waals surface area contributed by atoms with E-state index in [2.05, 4.69) is 21.7 Å². The summed E-state index contributed by atoms with van der Waals surface area (Å²) in [5, 5.41) is 6.40. The topological polar surface area (TPSA) is 63.2 Å². The highest BCUT2D eigenvalue weighted by molar-refractivity contribution is 5.68. The molecular weight excluding hydrogens is 266 g/mol. The molecule has 1 heterocycles. The quantitative estimate of drug-likeness (QED) is 0.873. The Balaban J connectivity index is 1.56. The molecule has 0 aliphatic heterocycles. The van der Waals surface area contributed by atoms with Crippen molar-refractivity contribution in [3.05, 3.63) is 30.1 Å². The molecule has 116 valence electrons. The number of carbonyl (C=O) groups is 1. The molecule has 0 saturated heterocycles. The lowest BCUT2D eigenvalue weighted by molar-refractivity contribution is 0.0465. The van der Waals surface area contributed by atoms with Gasteiger partial charge in [-0.3, -0.25) is 4.98 Å². The van der Waals surface area contributed by atoms with Crippen molar-refractivity contribution in [3.8, 4) is 0 Å². The Labute approximate surface area is 126 Å². The molecule has 0 spiro atoms. The molecule has 2 rings (SSSR count). The Bertz CT molecular complexity index is 450. The zero-order chi connectivity index (χ0) is 15.3. The summed E-state index contributed by atoms with van der Waals surface area (Å²) in [5.41, 5.74) is 0.808. The zero-order valence-corrected chi connectivity index (χ0v) is 13.1. The highest BCUT2D eigenvalue weighted by Gasteiger charge is 2.31. The van der Waals surface area contributed by atoms with Crippen LogP contribution in [0.15, 0.2) is 24.5 Å². The van der Waals surface area contributed by atoms with Crippen molar-refractivity contribution < 1.29 is 9.53 Å². The molecule has 1 aromatic rings. The lowest BCUT2D eigenvalue weighted by Gasteiger charge is -2.36. The number of amides is 1. The van der Waals surface area contributed by atoms with E-state index in [1.54, 1.807) is 6.20 Å². The number of aromatic nitrogens is 1. The van der Waals surface area contributed by atoms with Gasteiger partial charge in [0.05, 0.1) is 0 Å². The first-order valence-electron chi connectivity index (χ1n) is 7.54. The SMILES string of the molecule is CC(C)(C)OC(=O)NC1CC(NCCc2cccnc2)C1. The maximum absolute atomic E-state index is 11.6. The third kappa shape index (κ3) is 5.71. The van der Waals surface area contributed by atoms with Crippen molar-refractivity contribution in [2.45, 2.75) is 57.7 Å². The van der Waals surface area contributed by atoms with Crippen LogP contribution in [0.25, 0.3) is 0 Å². The van der Waals surface area contributed by atoms with E-state index in [0.717, 1.165) is 25.8 Å². The minimum Gasteiger partial charge on any atom is -0.444 e. The van der Waals surface area contributed by atoms with Gasteiger partial charge in [0, 0.05) is 24.5 Å². The van der Waals surface area contributed by atoms with Crippen molar-refractivity contribution in [2.75, 3.05) is 6.54 Å². The molecule has 5 heteroatoms. The normalized spacial score (nSPS) is 21.5. The minimum absolute atomic E-state index is 0.232. The van der Waals surface area contributed by atoms with Crippen molar-refractivity contribution >= 4 is 6.09 Å². The number of carbonyl (C=O) groups excluding carboxylic acids is 1. The smallest absolute Gasteiger partial charge is 0.407 e. The van der Waals surface area contributed by atoms with Crippen LogP contribution in [0, 0.1) is 0 Å². The Hall–Kier alpha value is -1.62. The van der Waals surface area contributed by atoms with E-state index in [-0.39, 0.29) is 12.1 Å². The Kier molecular flexibility index (Phi) is 5.17. The summed E-state index contributed by atoms with van der Waals surface area (Å²) < 4.78 is 5.24. The number of nitrogens with one attached hydrogen (secondary N) is 2. The molecule has 0 radical (unpaired) electrons. The van der Waals surface area contributed by atoms with Crippen molar-refractivity contribution in [1.29, 1.82) is 0 Å². The first-order valence-corrected chi connectivity index (χ1v) is 7.54. The molecule has 1 amide bonds. The van der Waals surface area contributed by atoms with E-state index in [1.807, 2.05) is 33.0 Å². The molecule has 5 nitrogen and oxygen atoms in total. The van der Waals surface area contributed by atoms with Crippen LogP contribution in [0.1, 0.15) is 39.2 Å². The van der Waals surface area contributed by atoms with Crippen LogP contribution in [0.3, 0.4) is 0 Å². The van der Waals surface area contributed by atoms with Gasteiger partial charge in [-0.15, -0.1) is 0 Å². The maximum Gasteiger partial charge on any atom is 0.407 e. The van der Waals surface area contributed by atoms with E-state index in [0.29, 0.717) is 6.04 Å². The number of hydrogen-bond acceptors (Lipinski definition) is 4. The molecule has 1 aromatic heterocycles. The lowest BCUT2D eigenvalue weighted by atomic mass is 9.87. The van der Waals surface area contributed by atoms with Crippen molar-refractivity contribution in [2.24, 2.45) is 0 Å². The molecule has 1 fully saturated rings. The number of hydrogen-bond donors (Lipinski definition) is 2. The molecule has 0 unspecified atom stereocenters. The van der Waals surface area contributed by atoms with Crippen LogP contribution in [-0.4, -0.2) is 35.3 Å². The number of ether oxygens (including phenoxy) is 1. The van der Waals surface area contributed by atoms with Crippen LogP contribution < -0.4 is 10.6 Å². The molecule has 1 saturated carbocycles. The van der Waals surface area contributed by atoms with Gasteiger partial charge in [-0.05, 0) is 58.2 Å². The van der Waals surface area contributed by atoms with E-state index < -0.39 is 5.60 Å². The maximum atomic E-state index is 11.6. The van der Waals surface area contributed by atoms with E-state index in [9.17, 15) is 4.79 Å². The first kappa shape index (κ1) is 15.8. The van der Waals surface area contributed by atoms with Gasteiger partial charge < -0.3 is 15.4 Å². The van der Waals surface area contributed by atoms with Crippen LogP contribution in [0.2, 0.25) is 0 Å². The van der Waals surface area contributed by atoms with Crippen molar-refractivity contribution in [1.82, 2.24) is 15.6 Å². The predicted molar refractivity (Wildman–Crippen MR) is 82.1 cm³/mol. The molecule has 0 atom stereocenters. The van der Waals surface area contributed by atoms with Gasteiger partial charge in [0.2, 0.25) is 0 Å². The minimum atomic E-state index is -0.435. The third-order valence-corrected chi connectivity index (χ3v) is 3.43. The standard InChI is InChI=1S/C16H25N3O2/c1-16(2,3)21-15(20)19-14-9-13(10-14)18-8-6-12-5-4-7-17-11-12/h4-5,7,11,13-14,18H,6,8-10H2,1-3H3,(H,19,20). The van der Waals surface area contributed by atoms with Crippen LogP contribution in [-0.2, 0) is 11.2 Å². The third-order valence-electron chi connectivity index (χ3n) is 3.43. The second-order valence-electron chi connectivity index (χ2n) is 6.58. The fourth-order valence-electron chi connectivity index (χ4n) is 2.34. The van der Waals surface area contributed by atoms with Crippen molar-refractivity contribution in [3.63, 3.8) is 0 Å². The predicted octanol–water partition coefficient (Wildman–Crippen LogP) is 2.27. The summed E-state index contributed by atoms with van der Waals surface area (Å²) in [6.45, 7) is 6.55. The summed E-state index contributed by atoms with van der Waals surface area (Å²) >= 11 is 0. The van der Waals surface area contributed by atoms with Gasteiger partial charge in [-0.2, -0.15) is 0 Å². The molecule has 2 N–H and O–H groups in total. The second-order valence-corrected chi connectivity index (χ2v) is 6.58. The molecule has 0 bridgehead atoms. The average Bonchev–Trinajstić information content (AvgIpc) is 2.34. The summed E-state index contributed by atoms with van der Waals surface area (Å²) in [7, 11) is 0. The molecule has 21 heavy (non-hydrogen) atoms. The molecule has 0 aromatic carbocycles. The number of rotatable bonds is 5. The van der Waals surface area contributed by atoms with Crippen LogP contribution >= 0.6 is 0 Å². The van der Waals surface area contributed by atoms with Gasteiger partial charge in [-0.1, -0.05) is 6.07 Å². The fraction of sp³-hybridized carbons (Fsp3) is 0.625. The Morgan fingerprint density at radius 2 is 2.14 bits per heavy atom. The fourth-order valence-corrected chi connectivity index (χ4v) is 2.34. The van der Waals surface area contributed by atoms with Gasteiger partial charge in [0.15, 0.2) is 0 Å². The largest absolute Gasteiger partial charge is 0.444 e. The van der Waals surface area contributed by atoms with Gasteiger partial charge >= 0.3 is 6.09 Å². The lowest BCUT2D eigenvalue weighted by Crippen LogP contribution is -2.53. The van der Waals surface area contributed by atoms with Crippen LogP contribution in [0.5, 0.6) is 0 Å². The number of alkyl carbamates (subject to hydrolysis) is 1. The number of pyridine rings is 1. The monoisotopic (exact) mass is 291 g/mol. The van der Waals surface area contributed by atoms with Gasteiger partial charge in [-0.25, -0.2) is 4.79 Å². The van der Waals surface area contributed by atoms with E-state index >= 15 is 0 Å². The van der Waals surface area contributed by atoms with Gasteiger partial charge in [0.25, 0.3) is 0 Å². The summed E-state index contributed by atoms with van der Waals surface area (Å²) in [6.07, 6.45) is 6.28. The molecule has 1 aliphatic carbocycles. The van der Waals surface area contributed by atoms with Crippen LogP contribution in [0.4, 0.5) is 4.79 Å².